The summed E-state index contributed by atoms with van der Waals surface area (Å²) in [6.45, 7) is 0. The van der Waals surface area contributed by atoms with Crippen LogP contribution in [0.25, 0.3) is 0 Å². The summed E-state index contributed by atoms with van der Waals surface area (Å²) < 4.78 is 0. The Hall–Kier alpha value is -1.54. The first-order chi connectivity index (χ1) is 5.24. The van der Waals surface area contributed by atoms with Gasteiger partial charge in [0.2, 0.25) is 5.95 Å². The van der Waals surface area contributed by atoms with Crippen molar-refractivity contribution in [2.24, 2.45) is 5.73 Å². The van der Waals surface area contributed by atoms with Crippen LogP contribution in [0.15, 0.2) is 0 Å². The molecule has 1 heterocycles. The van der Waals surface area contributed by atoms with Gasteiger partial charge in [-0.2, -0.15) is 4.98 Å². The van der Waals surface area contributed by atoms with Gasteiger partial charge in [0, 0.05) is 6.42 Å². The zero-order valence-corrected chi connectivity index (χ0v) is 5.91. The van der Waals surface area contributed by atoms with Crippen LogP contribution in [0, 0.1) is 12.3 Å². The van der Waals surface area contributed by atoms with E-state index in [0.29, 0.717) is 12.2 Å². The van der Waals surface area contributed by atoms with Gasteiger partial charge in [-0.15, -0.1) is 17.4 Å². The molecule has 1 aromatic heterocycles. The third-order valence-electron chi connectivity index (χ3n) is 1.21. The van der Waals surface area contributed by atoms with Crippen molar-refractivity contribution in [3.05, 3.63) is 5.82 Å². The topological polar surface area (TPSA) is 93.6 Å². The van der Waals surface area contributed by atoms with Crippen LogP contribution in [-0.4, -0.2) is 15.2 Å². The number of hydrogen-bond acceptors (Lipinski definition) is 4. The Morgan fingerprint density at radius 2 is 2.45 bits per heavy atom. The van der Waals surface area contributed by atoms with Crippen LogP contribution < -0.4 is 11.5 Å². The molecule has 11 heavy (non-hydrogen) atoms. The van der Waals surface area contributed by atoms with Gasteiger partial charge in [-0.25, -0.2) is 0 Å². The van der Waals surface area contributed by atoms with Crippen LogP contribution in [0.1, 0.15) is 18.3 Å². The van der Waals surface area contributed by atoms with Gasteiger partial charge < -0.3 is 11.5 Å². The molecule has 0 saturated heterocycles. The summed E-state index contributed by atoms with van der Waals surface area (Å²) in [5, 5.41) is 6.20. The molecule has 58 valence electrons. The second-order valence-electron chi connectivity index (χ2n) is 2.09. The number of rotatable bonds is 2. The highest BCUT2D eigenvalue weighted by atomic mass is 15.3. The highest BCUT2D eigenvalue weighted by molar-refractivity contribution is 5.14. The minimum atomic E-state index is -0.301. The molecule has 1 atom stereocenters. The molecular weight excluding hydrogens is 142 g/mol. The first kappa shape index (κ1) is 7.57. The summed E-state index contributed by atoms with van der Waals surface area (Å²) in [5.74, 6) is 3.14. The minimum Gasteiger partial charge on any atom is -0.367 e. The fourth-order valence-corrected chi connectivity index (χ4v) is 0.677. The van der Waals surface area contributed by atoms with Crippen molar-refractivity contribution in [2.75, 3.05) is 5.73 Å². The maximum atomic E-state index is 5.59. The van der Waals surface area contributed by atoms with E-state index in [1.807, 2.05) is 0 Å². The molecule has 0 aliphatic rings. The predicted octanol–water partition coefficient (Wildman–Crippen LogP) is -0.590. The van der Waals surface area contributed by atoms with Crippen LogP contribution >= 0.6 is 0 Å². The van der Waals surface area contributed by atoms with E-state index in [9.17, 15) is 0 Å². The highest BCUT2D eigenvalue weighted by Crippen LogP contribution is 2.07. The molecule has 0 radical (unpaired) electrons. The summed E-state index contributed by atoms with van der Waals surface area (Å²) in [6, 6.07) is -0.301. The number of anilines is 1. The van der Waals surface area contributed by atoms with Gasteiger partial charge in [0.1, 0.15) is 5.82 Å². The van der Waals surface area contributed by atoms with Gasteiger partial charge in [0.25, 0.3) is 0 Å². The van der Waals surface area contributed by atoms with E-state index >= 15 is 0 Å². The lowest BCUT2D eigenvalue weighted by Crippen LogP contribution is -2.11. The van der Waals surface area contributed by atoms with Crippen molar-refractivity contribution < 1.29 is 0 Å². The third kappa shape index (κ3) is 1.69. The standard InChI is InChI=1S/C6H9N5/c1-2-3-4(7)5-9-6(8)11-10-5/h1,4H,3,7H2,(H3,8,9,10,11)/t4-/m0/s1. The molecule has 5 nitrogen and oxygen atoms in total. The monoisotopic (exact) mass is 151 g/mol. The highest BCUT2D eigenvalue weighted by Gasteiger charge is 2.07. The Morgan fingerprint density at radius 1 is 1.73 bits per heavy atom. The molecule has 0 aromatic carbocycles. The lowest BCUT2D eigenvalue weighted by atomic mass is 10.2. The fourth-order valence-electron chi connectivity index (χ4n) is 0.677. The maximum absolute atomic E-state index is 5.59. The fraction of sp³-hybridized carbons (Fsp3) is 0.333. The summed E-state index contributed by atoms with van der Waals surface area (Å²) in [4.78, 5) is 3.82. The predicted molar refractivity (Wildman–Crippen MR) is 41.2 cm³/mol. The second kappa shape index (κ2) is 3.03. The molecule has 0 unspecified atom stereocenters. The molecule has 0 saturated carbocycles. The van der Waals surface area contributed by atoms with Gasteiger partial charge in [0.05, 0.1) is 6.04 Å². The average molecular weight is 151 g/mol. The molecular formula is C6H9N5. The summed E-state index contributed by atoms with van der Waals surface area (Å²) in [6.07, 6.45) is 5.48. The molecule has 0 aliphatic carbocycles. The Balaban J connectivity index is 2.70. The van der Waals surface area contributed by atoms with Crippen molar-refractivity contribution in [2.45, 2.75) is 12.5 Å². The van der Waals surface area contributed by atoms with Gasteiger partial charge in [-0.3, -0.25) is 5.10 Å². The van der Waals surface area contributed by atoms with E-state index in [0.717, 1.165) is 0 Å². The van der Waals surface area contributed by atoms with Gasteiger partial charge in [-0.1, -0.05) is 0 Å². The summed E-state index contributed by atoms with van der Waals surface area (Å²) >= 11 is 0. The van der Waals surface area contributed by atoms with Crippen molar-refractivity contribution in [3.63, 3.8) is 0 Å². The van der Waals surface area contributed by atoms with Crippen LogP contribution in [0.3, 0.4) is 0 Å². The number of hydrogen-bond donors (Lipinski definition) is 3. The van der Waals surface area contributed by atoms with Gasteiger partial charge >= 0.3 is 0 Å². The number of nitrogen functional groups attached to an aromatic ring is 1. The van der Waals surface area contributed by atoms with Gasteiger partial charge in [-0.05, 0) is 0 Å². The van der Waals surface area contributed by atoms with Crippen LogP contribution in [0.2, 0.25) is 0 Å². The first-order valence-electron chi connectivity index (χ1n) is 3.11. The average Bonchev–Trinajstić information content (AvgIpc) is 2.36. The number of terminal acetylenes is 1. The smallest absolute Gasteiger partial charge is 0.239 e. The van der Waals surface area contributed by atoms with E-state index in [1.165, 1.54) is 0 Å². The summed E-state index contributed by atoms with van der Waals surface area (Å²) in [7, 11) is 0. The number of H-pyrrole nitrogens is 1. The van der Waals surface area contributed by atoms with E-state index in [1.54, 1.807) is 0 Å². The largest absolute Gasteiger partial charge is 0.367 e. The van der Waals surface area contributed by atoms with Gasteiger partial charge in [0.15, 0.2) is 0 Å². The molecule has 0 fully saturated rings. The molecule has 5 heteroatoms. The number of aromatic nitrogens is 3. The Morgan fingerprint density at radius 3 is 2.91 bits per heavy atom. The van der Waals surface area contributed by atoms with Crippen molar-refractivity contribution >= 4 is 5.95 Å². The molecule has 1 rings (SSSR count). The van der Waals surface area contributed by atoms with E-state index in [2.05, 4.69) is 21.1 Å². The zero-order valence-electron chi connectivity index (χ0n) is 5.91. The Labute approximate surface area is 64.2 Å². The van der Waals surface area contributed by atoms with E-state index < -0.39 is 0 Å². The van der Waals surface area contributed by atoms with E-state index in [4.69, 9.17) is 17.9 Å². The number of nitrogens with one attached hydrogen (secondary N) is 1. The van der Waals surface area contributed by atoms with Crippen molar-refractivity contribution in [1.29, 1.82) is 0 Å². The SMILES string of the molecule is C#CC[C@H](N)c1nc(N)n[nH]1. The van der Waals surface area contributed by atoms with Crippen LogP contribution in [-0.2, 0) is 0 Å². The second-order valence-corrected chi connectivity index (χ2v) is 2.09. The van der Waals surface area contributed by atoms with E-state index in [-0.39, 0.29) is 12.0 Å². The third-order valence-corrected chi connectivity index (χ3v) is 1.21. The molecule has 0 bridgehead atoms. The lowest BCUT2D eigenvalue weighted by molar-refractivity contribution is 0.696. The minimum absolute atomic E-state index is 0.187. The quantitative estimate of drug-likeness (QED) is 0.492. The summed E-state index contributed by atoms with van der Waals surface area (Å²) in [5.41, 5.74) is 10.8. The number of nitrogens with zero attached hydrogens (tertiary/aromatic N) is 2. The molecule has 0 aliphatic heterocycles. The lowest BCUT2D eigenvalue weighted by Gasteiger charge is -2.00. The Kier molecular flexibility index (Phi) is 2.09. The van der Waals surface area contributed by atoms with Crippen molar-refractivity contribution in [3.8, 4) is 12.3 Å². The molecule has 1 aromatic rings. The van der Waals surface area contributed by atoms with Crippen LogP contribution in [0.4, 0.5) is 5.95 Å². The maximum Gasteiger partial charge on any atom is 0.239 e. The molecule has 0 amide bonds. The zero-order chi connectivity index (χ0) is 8.27. The molecule has 0 spiro atoms. The number of nitrogens with two attached hydrogens (primary N) is 2. The Bertz CT molecular complexity index is 271. The molecule has 5 N–H and O–H groups in total. The van der Waals surface area contributed by atoms with Crippen molar-refractivity contribution in [1.82, 2.24) is 15.2 Å². The number of aromatic amines is 1. The normalized spacial score (nSPS) is 12.4. The first-order valence-corrected chi connectivity index (χ1v) is 3.11. The van der Waals surface area contributed by atoms with Crippen LogP contribution in [0.5, 0.6) is 0 Å².